The predicted molar refractivity (Wildman–Crippen MR) is 87.6 cm³/mol. The summed E-state index contributed by atoms with van der Waals surface area (Å²) in [5.74, 6) is 3.81. The van der Waals surface area contributed by atoms with E-state index in [2.05, 4.69) is 50.4 Å². The highest BCUT2D eigenvalue weighted by atomic mass is 16.5. The topological polar surface area (TPSA) is 21.3 Å². The molecular formula is C19H29NO. The summed E-state index contributed by atoms with van der Waals surface area (Å²) in [5.41, 5.74) is 1.44. The van der Waals surface area contributed by atoms with E-state index in [-0.39, 0.29) is 6.10 Å². The number of ether oxygens (including phenoxy) is 1. The zero-order valence-electron chi connectivity index (χ0n) is 13.6. The summed E-state index contributed by atoms with van der Waals surface area (Å²) in [6.45, 7) is 7.41. The van der Waals surface area contributed by atoms with Gasteiger partial charge in [-0.3, -0.25) is 0 Å². The van der Waals surface area contributed by atoms with Crippen LogP contribution in [0.1, 0.15) is 58.1 Å². The quantitative estimate of drug-likeness (QED) is 0.828. The van der Waals surface area contributed by atoms with Crippen LogP contribution in [0.25, 0.3) is 0 Å². The maximum absolute atomic E-state index is 5.76. The molecule has 0 saturated heterocycles. The molecule has 2 nitrogen and oxygen atoms in total. The Morgan fingerprint density at radius 1 is 1.10 bits per heavy atom. The second-order valence-corrected chi connectivity index (χ2v) is 6.96. The van der Waals surface area contributed by atoms with Crippen LogP contribution in [-0.4, -0.2) is 12.6 Å². The Bertz CT molecular complexity index is 441. The summed E-state index contributed by atoms with van der Waals surface area (Å²) in [6, 6.07) is 9.32. The van der Waals surface area contributed by atoms with Crippen molar-refractivity contribution in [2.75, 3.05) is 6.54 Å². The van der Waals surface area contributed by atoms with Gasteiger partial charge in [-0.25, -0.2) is 0 Å². The first-order chi connectivity index (χ1) is 10.2. The number of hydrogen-bond donors (Lipinski definition) is 1. The highest BCUT2D eigenvalue weighted by Crippen LogP contribution is 2.60. The molecule has 2 saturated carbocycles. The first-order valence-electron chi connectivity index (χ1n) is 8.70. The summed E-state index contributed by atoms with van der Waals surface area (Å²) >= 11 is 0. The van der Waals surface area contributed by atoms with Gasteiger partial charge in [-0.1, -0.05) is 31.9 Å². The molecule has 0 aromatic heterocycles. The van der Waals surface area contributed by atoms with Gasteiger partial charge in [0.25, 0.3) is 0 Å². The van der Waals surface area contributed by atoms with Gasteiger partial charge in [0.1, 0.15) is 5.75 Å². The van der Waals surface area contributed by atoms with E-state index in [1.165, 1.54) is 31.2 Å². The minimum atomic E-state index is 0.242. The number of benzene rings is 1. The number of hydrogen-bond acceptors (Lipinski definition) is 2. The number of nitrogens with one attached hydrogen (secondary N) is 1. The Balaban J connectivity index is 1.72. The molecule has 3 unspecified atom stereocenters. The summed E-state index contributed by atoms with van der Waals surface area (Å²) < 4.78 is 5.76. The Morgan fingerprint density at radius 2 is 1.71 bits per heavy atom. The largest absolute Gasteiger partial charge is 0.491 e. The highest BCUT2D eigenvalue weighted by Gasteiger charge is 2.54. The van der Waals surface area contributed by atoms with Crippen LogP contribution < -0.4 is 10.1 Å². The molecule has 1 aromatic carbocycles. The Kier molecular flexibility index (Phi) is 4.54. The van der Waals surface area contributed by atoms with E-state index in [9.17, 15) is 0 Å². The van der Waals surface area contributed by atoms with E-state index in [0.29, 0.717) is 6.04 Å². The van der Waals surface area contributed by atoms with Crippen molar-refractivity contribution >= 4 is 0 Å². The molecule has 0 heterocycles. The first-order valence-corrected chi connectivity index (χ1v) is 8.70. The second kappa shape index (κ2) is 6.39. The van der Waals surface area contributed by atoms with Crippen LogP contribution in [-0.2, 0) is 0 Å². The predicted octanol–water partition coefficient (Wildman–Crippen LogP) is 4.56. The lowest BCUT2D eigenvalue weighted by Gasteiger charge is -2.20. The molecule has 2 aliphatic rings. The first kappa shape index (κ1) is 14.9. The fourth-order valence-corrected chi connectivity index (χ4v) is 4.26. The summed E-state index contributed by atoms with van der Waals surface area (Å²) in [5, 5.41) is 3.74. The maximum atomic E-state index is 5.76. The van der Waals surface area contributed by atoms with Crippen LogP contribution >= 0.6 is 0 Å². The molecule has 3 rings (SSSR count). The maximum Gasteiger partial charge on any atom is 0.119 e. The third-order valence-electron chi connectivity index (χ3n) is 5.14. The summed E-state index contributed by atoms with van der Waals surface area (Å²) in [4.78, 5) is 0. The van der Waals surface area contributed by atoms with Crippen molar-refractivity contribution in [2.24, 2.45) is 17.8 Å². The molecule has 2 heteroatoms. The molecule has 0 spiro atoms. The van der Waals surface area contributed by atoms with E-state index in [1.807, 2.05) is 0 Å². The Hall–Kier alpha value is -1.02. The average molecular weight is 287 g/mol. The van der Waals surface area contributed by atoms with Gasteiger partial charge in [0.15, 0.2) is 0 Å². The minimum Gasteiger partial charge on any atom is -0.491 e. The normalized spacial score (nSPS) is 29.0. The second-order valence-electron chi connectivity index (χ2n) is 6.96. The van der Waals surface area contributed by atoms with Gasteiger partial charge >= 0.3 is 0 Å². The van der Waals surface area contributed by atoms with Gasteiger partial charge in [-0.15, -0.1) is 0 Å². The van der Waals surface area contributed by atoms with Crippen molar-refractivity contribution in [2.45, 2.75) is 58.6 Å². The lowest BCUT2D eigenvalue weighted by atomic mass is 9.99. The molecule has 0 radical (unpaired) electrons. The third-order valence-corrected chi connectivity index (χ3v) is 5.14. The lowest BCUT2D eigenvalue weighted by molar-refractivity contribution is 0.242. The van der Waals surface area contributed by atoms with Gasteiger partial charge in [-0.2, -0.15) is 0 Å². The van der Waals surface area contributed by atoms with Crippen molar-refractivity contribution in [1.29, 1.82) is 0 Å². The summed E-state index contributed by atoms with van der Waals surface area (Å²) in [6.07, 6.45) is 6.03. The van der Waals surface area contributed by atoms with Crippen LogP contribution in [0.4, 0.5) is 0 Å². The molecular weight excluding hydrogens is 258 g/mol. The fourth-order valence-electron chi connectivity index (χ4n) is 4.26. The Morgan fingerprint density at radius 3 is 2.24 bits per heavy atom. The zero-order chi connectivity index (χ0) is 14.8. The summed E-state index contributed by atoms with van der Waals surface area (Å²) in [7, 11) is 0. The van der Waals surface area contributed by atoms with Crippen molar-refractivity contribution in [3.8, 4) is 5.75 Å². The molecule has 2 aliphatic carbocycles. The molecule has 1 aromatic rings. The smallest absolute Gasteiger partial charge is 0.119 e. The van der Waals surface area contributed by atoms with Crippen molar-refractivity contribution < 1.29 is 4.74 Å². The lowest BCUT2D eigenvalue weighted by Crippen LogP contribution is -2.23. The van der Waals surface area contributed by atoms with Crippen LogP contribution in [0, 0.1) is 17.8 Å². The van der Waals surface area contributed by atoms with Crippen molar-refractivity contribution in [3.63, 3.8) is 0 Å². The van der Waals surface area contributed by atoms with Crippen LogP contribution in [0.5, 0.6) is 5.75 Å². The molecule has 0 bridgehead atoms. The average Bonchev–Trinajstić information content (AvgIpc) is 3.19. The number of rotatable bonds is 6. The minimum absolute atomic E-state index is 0.242. The van der Waals surface area contributed by atoms with Crippen LogP contribution in [0.15, 0.2) is 24.3 Å². The van der Waals surface area contributed by atoms with E-state index in [1.54, 1.807) is 0 Å². The van der Waals surface area contributed by atoms with Gasteiger partial charge < -0.3 is 10.1 Å². The van der Waals surface area contributed by atoms with Crippen molar-refractivity contribution in [1.82, 2.24) is 5.32 Å². The van der Waals surface area contributed by atoms with E-state index < -0.39 is 0 Å². The SMILES string of the molecule is CCNC(c1ccc(OC(C)C)cc1)C1C2CCCCC21. The van der Waals surface area contributed by atoms with Gasteiger partial charge in [0.05, 0.1) is 6.10 Å². The molecule has 116 valence electrons. The Labute approximate surface area is 129 Å². The molecule has 1 N–H and O–H groups in total. The zero-order valence-corrected chi connectivity index (χ0v) is 13.6. The standard InChI is InChI=1S/C19H29NO/c1-4-20-19(18-16-7-5-6-8-17(16)18)14-9-11-15(12-10-14)21-13(2)3/h9-13,16-20H,4-8H2,1-3H3. The molecule has 0 amide bonds. The van der Waals surface area contributed by atoms with Crippen LogP contribution in [0.3, 0.4) is 0 Å². The van der Waals surface area contributed by atoms with E-state index in [4.69, 9.17) is 4.74 Å². The fraction of sp³-hybridized carbons (Fsp3) is 0.684. The van der Waals surface area contributed by atoms with Gasteiger partial charge in [0, 0.05) is 6.04 Å². The van der Waals surface area contributed by atoms with Crippen LogP contribution in [0.2, 0.25) is 0 Å². The highest BCUT2D eigenvalue weighted by molar-refractivity contribution is 5.31. The molecule has 0 aliphatic heterocycles. The molecule has 3 atom stereocenters. The third kappa shape index (κ3) is 3.26. The number of fused-ring (bicyclic) bond motifs is 1. The molecule has 21 heavy (non-hydrogen) atoms. The van der Waals surface area contributed by atoms with Crippen molar-refractivity contribution in [3.05, 3.63) is 29.8 Å². The van der Waals surface area contributed by atoms with E-state index >= 15 is 0 Å². The van der Waals surface area contributed by atoms with E-state index in [0.717, 1.165) is 30.0 Å². The monoisotopic (exact) mass is 287 g/mol. The van der Waals surface area contributed by atoms with Gasteiger partial charge in [0.2, 0.25) is 0 Å². The molecule has 2 fully saturated rings. The van der Waals surface area contributed by atoms with Gasteiger partial charge in [-0.05, 0) is 68.7 Å².